The van der Waals surface area contributed by atoms with E-state index in [1.807, 2.05) is 0 Å². The van der Waals surface area contributed by atoms with Gasteiger partial charge in [0.1, 0.15) is 11.6 Å². The van der Waals surface area contributed by atoms with Crippen LogP contribution in [0.5, 0.6) is 0 Å². The lowest BCUT2D eigenvalue weighted by molar-refractivity contribution is 0.100. The van der Waals surface area contributed by atoms with Gasteiger partial charge in [0.15, 0.2) is 0 Å². The van der Waals surface area contributed by atoms with Crippen molar-refractivity contribution in [1.82, 2.24) is 10.3 Å². The highest BCUT2D eigenvalue weighted by molar-refractivity contribution is 6.10. The summed E-state index contributed by atoms with van der Waals surface area (Å²) in [7, 11) is 0. The van der Waals surface area contributed by atoms with Crippen LogP contribution in [0.1, 0.15) is 28.0 Å². The molecule has 6 N–H and O–H groups in total. The first-order chi connectivity index (χ1) is 13.4. The molecule has 0 radical (unpaired) electrons. The summed E-state index contributed by atoms with van der Waals surface area (Å²) in [5.41, 5.74) is 13.2. The molecule has 1 atom stereocenters. The van der Waals surface area contributed by atoms with E-state index in [0.29, 0.717) is 35.7 Å². The lowest BCUT2D eigenvalue weighted by Crippen LogP contribution is -2.41. The number of amides is 3. The van der Waals surface area contributed by atoms with Gasteiger partial charge in [0.2, 0.25) is 0 Å². The van der Waals surface area contributed by atoms with Crippen LogP contribution in [0, 0.1) is 11.6 Å². The molecule has 1 heterocycles. The number of aryl methyl sites for hydroxylation is 1. The third-order valence-electron chi connectivity index (χ3n) is 5.18. The van der Waals surface area contributed by atoms with Gasteiger partial charge in [0, 0.05) is 23.5 Å². The molecule has 0 fully saturated rings. The molecule has 0 bridgehead atoms. The second-order valence-electron chi connectivity index (χ2n) is 6.90. The zero-order chi connectivity index (χ0) is 20.0. The van der Waals surface area contributed by atoms with Crippen LogP contribution in [0.4, 0.5) is 13.6 Å². The number of rotatable bonds is 3. The number of aromatic nitrogens is 1. The molecule has 3 aromatic rings. The van der Waals surface area contributed by atoms with Gasteiger partial charge in [0.25, 0.3) is 5.91 Å². The molecular weight excluding hydrogens is 366 g/mol. The highest BCUT2D eigenvalue weighted by atomic mass is 19.1. The van der Waals surface area contributed by atoms with Crippen molar-refractivity contribution in [2.24, 2.45) is 11.5 Å². The molecule has 28 heavy (non-hydrogen) atoms. The van der Waals surface area contributed by atoms with Crippen molar-refractivity contribution in [2.45, 2.75) is 25.3 Å². The van der Waals surface area contributed by atoms with E-state index in [-0.39, 0.29) is 17.2 Å². The fourth-order valence-corrected chi connectivity index (χ4v) is 4.03. The van der Waals surface area contributed by atoms with Crippen molar-refractivity contribution in [2.75, 3.05) is 0 Å². The third kappa shape index (κ3) is 2.87. The largest absolute Gasteiger partial charge is 0.366 e. The lowest BCUT2D eigenvalue weighted by atomic mass is 9.88. The summed E-state index contributed by atoms with van der Waals surface area (Å²) in [4.78, 5) is 26.2. The Labute approximate surface area is 158 Å². The second-order valence-corrected chi connectivity index (χ2v) is 6.90. The maximum atomic E-state index is 14.5. The molecule has 2 aromatic carbocycles. The number of nitrogens with one attached hydrogen (secondary N) is 2. The average molecular weight is 384 g/mol. The number of carbonyl (C=O) groups is 2. The Kier molecular flexibility index (Phi) is 4.26. The smallest absolute Gasteiger partial charge is 0.312 e. The molecule has 1 aliphatic rings. The first kappa shape index (κ1) is 18.0. The van der Waals surface area contributed by atoms with Crippen molar-refractivity contribution in [3.63, 3.8) is 0 Å². The van der Waals surface area contributed by atoms with E-state index in [2.05, 4.69) is 10.3 Å². The van der Waals surface area contributed by atoms with Crippen molar-refractivity contribution >= 4 is 22.8 Å². The number of hydrogen-bond acceptors (Lipinski definition) is 2. The fraction of sp³-hybridized carbons (Fsp3) is 0.200. The number of nitrogens with two attached hydrogens (primary N) is 2. The molecule has 6 nitrogen and oxygen atoms in total. The minimum absolute atomic E-state index is 0.150. The minimum Gasteiger partial charge on any atom is -0.366 e. The van der Waals surface area contributed by atoms with Gasteiger partial charge in [-0.1, -0.05) is 12.1 Å². The molecule has 0 aliphatic heterocycles. The summed E-state index contributed by atoms with van der Waals surface area (Å²) < 4.78 is 28.9. The van der Waals surface area contributed by atoms with Crippen molar-refractivity contribution in [3.8, 4) is 11.1 Å². The number of halogens is 2. The van der Waals surface area contributed by atoms with Crippen molar-refractivity contribution in [3.05, 3.63) is 58.8 Å². The average Bonchev–Trinajstić information content (AvgIpc) is 2.99. The molecule has 0 spiro atoms. The number of carbonyl (C=O) groups excluding carboxylic acids is 2. The Hall–Kier alpha value is -3.42. The molecule has 144 valence electrons. The molecule has 1 aliphatic carbocycles. The number of urea groups is 1. The van der Waals surface area contributed by atoms with Gasteiger partial charge in [-0.25, -0.2) is 13.6 Å². The van der Waals surface area contributed by atoms with Crippen LogP contribution in [0.15, 0.2) is 30.3 Å². The Bertz CT molecular complexity index is 1100. The normalized spacial score (nSPS) is 16.0. The number of benzene rings is 2. The summed E-state index contributed by atoms with van der Waals surface area (Å²) in [6.45, 7) is 0. The van der Waals surface area contributed by atoms with Crippen LogP contribution in [-0.2, 0) is 12.8 Å². The van der Waals surface area contributed by atoms with E-state index in [1.54, 1.807) is 0 Å². The summed E-state index contributed by atoms with van der Waals surface area (Å²) in [5.74, 6) is -2.02. The van der Waals surface area contributed by atoms with E-state index in [1.165, 1.54) is 30.3 Å². The molecule has 3 amide bonds. The monoisotopic (exact) mass is 384 g/mol. The predicted molar refractivity (Wildman–Crippen MR) is 101 cm³/mol. The Balaban J connectivity index is 1.97. The molecule has 1 unspecified atom stereocenters. The quantitative estimate of drug-likeness (QED) is 0.556. The van der Waals surface area contributed by atoms with Crippen LogP contribution in [0.2, 0.25) is 0 Å². The second kappa shape index (κ2) is 6.63. The van der Waals surface area contributed by atoms with E-state index in [0.717, 1.165) is 11.3 Å². The van der Waals surface area contributed by atoms with Gasteiger partial charge in [-0.3, -0.25) is 4.79 Å². The van der Waals surface area contributed by atoms with Crippen LogP contribution in [0.3, 0.4) is 0 Å². The van der Waals surface area contributed by atoms with Gasteiger partial charge in [-0.15, -0.1) is 0 Å². The van der Waals surface area contributed by atoms with E-state index in [4.69, 9.17) is 11.5 Å². The number of aromatic amines is 1. The first-order valence-corrected chi connectivity index (χ1v) is 8.83. The Morgan fingerprint density at radius 2 is 1.82 bits per heavy atom. The first-order valence-electron chi connectivity index (χ1n) is 8.83. The van der Waals surface area contributed by atoms with Gasteiger partial charge < -0.3 is 21.8 Å². The summed E-state index contributed by atoms with van der Waals surface area (Å²) in [6, 6.07) is 5.89. The maximum Gasteiger partial charge on any atom is 0.312 e. The SMILES string of the molecule is NC(=O)NC1CCc2c([nH]c3c(C(N)=O)ccc(-c4c(F)cccc4F)c23)C1. The van der Waals surface area contributed by atoms with Gasteiger partial charge >= 0.3 is 6.03 Å². The molecule has 4 rings (SSSR count). The van der Waals surface area contributed by atoms with Crippen LogP contribution in [0.25, 0.3) is 22.0 Å². The maximum absolute atomic E-state index is 14.5. The molecule has 1 aromatic heterocycles. The summed E-state index contributed by atoms with van der Waals surface area (Å²) in [5, 5.41) is 3.25. The Morgan fingerprint density at radius 1 is 1.11 bits per heavy atom. The lowest BCUT2D eigenvalue weighted by Gasteiger charge is -2.23. The van der Waals surface area contributed by atoms with Gasteiger partial charge in [0.05, 0.1) is 16.6 Å². The number of hydrogen-bond donors (Lipinski definition) is 4. The Morgan fingerprint density at radius 3 is 2.46 bits per heavy atom. The minimum atomic E-state index is -0.688. The van der Waals surface area contributed by atoms with Crippen molar-refractivity contribution < 1.29 is 18.4 Å². The fourth-order valence-electron chi connectivity index (χ4n) is 4.03. The third-order valence-corrected chi connectivity index (χ3v) is 5.18. The van der Waals surface area contributed by atoms with Gasteiger partial charge in [-0.05, 0) is 42.2 Å². The van der Waals surface area contributed by atoms with Crippen molar-refractivity contribution in [1.29, 1.82) is 0 Å². The zero-order valence-corrected chi connectivity index (χ0v) is 14.8. The number of fused-ring (bicyclic) bond motifs is 3. The van der Waals surface area contributed by atoms with E-state index >= 15 is 0 Å². The molecular formula is C20H18F2N4O2. The number of H-pyrrole nitrogens is 1. The molecule has 0 saturated heterocycles. The molecule has 8 heteroatoms. The van der Waals surface area contributed by atoms with Crippen LogP contribution in [-0.4, -0.2) is 23.0 Å². The highest BCUT2D eigenvalue weighted by Gasteiger charge is 2.27. The highest BCUT2D eigenvalue weighted by Crippen LogP contribution is 2.39. The van der Waals surface area contributed by atoms with E-state index < -0.39 is 23.6 Å². The van der Waals surface area contributed by atoms with E-state index in [9.17, 15) is 18.4 Å². The van der Waals surface area contributed by atoms with Crippen LogP contribution < -0.4 is 16.8 Å². The summed E-state index contributed by atoms with van der Waals surface area (Å²) >= 11 is 0. The zero-order valence-electron chi connectivity index (χ0n) is 14.8. The summed E-state index contributed by atoms with van der Waals surface area (Å²) in [6.07, 6.45) is 1.62. The van der Waals surface area contributed by atoms with Crippen LogP contribution >= 0.6 is 0 Å². The number of primary amides is 2. The predicted octanol–water partition coefficient (Wildman–Crippen LogP) is 2.74. The molecule has 0 saturated carbocycles. The topological polar surface area (TPSA) is 114 Å². The van der Waals surface area contributed by atoms with Gasteiger partial charge in [-0.2, -0.15) is 0 Å². The standard InChI is InChI=1S/C20H18F2N4O2/c21-13-2-1-3-14(22)17(13)11-6-7-12(19(23)27)18-16(11)10-5-4-9(25-20(24)28)8-15(10)26-18/h1-3,6-7,9,26H,4-5,8H2,(H2,23,27)(H3,24,25,28).